The average molecular weight is 517 g/mol. The predicted molar refractivity (Wildman–Crippen MR) is 136 cm³/mol. The van der Waals surface area contributed by atoms with Crippen LogP contribution >= 0.6 is 11.6 Å². The Morgan fingerprint density at radius 1 is 1.17 bits per heavy atom. The molecule has 0 radical (unpaired) electrons. The van der Waals surface area contributed by atoms with E-state index < -0.39 is 11.8 Å². The third-order valence-electron chi connectivity index (χ3n) is 5.27. The Labute approximate surface area is 214 Å². The highest BCUT2D eigenvalue weighted by Crippen LogP contribution is 2.28. The molecule has 10 nitrogen and oxygen atoms in total. The molecule has 0 aromatic heterocycles. The van der Waals surface area contributed by atoms with Gasteiger partial charge in [0.15, 0.2) is 18.1 Å². The summed E-state index contributed by atoms with van der Waals surface area (Å²) in [7, 11) is 0. The number of hydrazone groups is 1. The highest BCUT2D eigenvalue weighted by molar-refractivity contribution is 6.35. The van der Waals surface area contributed by atoms with Gasteiger partial charge in [-0.2, -0.15) is 5.10 Å². The molecule has 1 atom stereocenters. The van der Waals surface area contributed by atoms with E-state index >= 15 is 0 Å². The molecule has 0 unspecified atom stereocenters. The third-order valence-corrected chi connectivity index (χ3v) is 5.68. The van der Waals surface area contributed by atoms with Gasteiger partial charge in [-0.05, 0) is 68.1 Å². The van der Waals surface area contributed by atoms with Crippen LogP contribution < -0.4 is 25.5 Å². The van der Waals surface area contributed by atoms with E-state index in [-0.39, 0.29) is 25.2 Å². The molecule has 1 heterocycles. The molecule has 1 saturated heterocycles. The molecule has 3 amide bonds. The molecular weight excluding hydrogens is 488 g/mol. The quantitative estimate of drug-likeness (QED) is 0.253. The Hall–Kier alpha value is -3.63. The first-order chi connectivity index (χ1) is 17.4. The SMILES string of the molecule is CCOc1cc(/C=N\NC(=O)C(=O)NC[C@@H]2CCCO2)ccc1OCC(=O)Nc1cccc(Cl)c1C. The zero-order valence-corrected chi connectivity index (χ0v) is 20.9. The van der Waals surface area contributed by atoms with E-state index in [0.29, 0.717) is 41.0 Å². The second-order valence-electron chi connectivity index (χ2n) is 7.93. The normalized spacial score (nSPS) is 14.9. The second kappa shape index (κ2) is 13.5. The number of hydrogen-bond donors (Lipinski definition) is 3. The molecular formula is C25H29ClN4O6. The van der Waals surface area contributed by atoms with Crippen molar-refractivity contribution in [2.75, 3.05) is 31.7 Å². The van der Waals surface area contributed by atoms with Crippen molar-refractivity contribution in [3.8, 4) is 11.5 Å². The zero-order chi connectivity index (χ0) is 25.9. The van der Waals surface area contributed by atoms with Gasteiger partial charge in [0, 0.05) is 23.9 Å². The number of nitrogens with zero attached hydrogens (tertiary/aromatic N) is 1. The van der Waals surface area contributed by atoms with Gasteiger partial charge in [0.05, 0.1) is 18.9 Å². The van der Waals surface area contributed by atoms with Crippen molar-refractivity contribution in [1.82, 2.24) is 10.7 Å². The standard InChI is InChI=1S/C25H29ClN4O6/c1-3-34-22-12-17(13-28-30-25(33)24(32)27-14-18-6-5-11-35-18)9-10-21(22)36-15-23(31)29-20-8-4-7-19(26)16(20)2/h4,7-10,12-13,18H,3,5-6,11,14-15H2,1-2H3,(H,27,32)(H,29,31)(H,30,33)/b28-13-/t18-/m0/s1. The van der Waals surface area contributed by atoms with Crippen molar-refractivity contribution in [2.45, 2.75) is 32.8 Å². The second-order valence-corrected chi connectivity index (χ2v) is 8.34. The van der Waals surface area contributed by atoms with E-state index in [1.165, 1.54) is 6.21 Å². The van der Waals surface area contributed by atoms with Crippen LogP contribution in [0.3, 0.4) is 0 Å². The van der Waals surface area contributed by atoms with Crippen LogP contribution in [0.15, 0.2) is 41.5 Å². The Kier molecular flexibility index (Phi) is 10.1. The van der Waals surface area contributed by atoms with E-state index in [1.807, 2.05) is 13.8 Å². The summed E-state index contributed by atoms with van der Waals surface area (Å²) in [4.78, 5) is 36.1. The summed E-state index contributed by atoms with van der Waals surface area (Å²) < 4.78 is 16.7. The van der Waals surface area contributed by atoms with Gasteiger partial charge < -0.3 is 24.8 Å². The maximum atomic E-state index is 12.3. The lowest BCUT2D eigenvalue weighted by molar-refractivity contribution is -0.139. The monoisotopic (exact) mass is 516 g/mol. The molecule has 36 heavy (non-hydrogen) atoms. The van der Waals surface area contributed by atoms with Crippen LogP contribution in [-0.2, 0) is 19.1 Å². The van der Waals surface area contributed by atoms with Gasteiger partial charge in [0.1, 0.15) is 0 Å². The fourth-order valence-electron chi connectivity index (χ4n) is 3.37. The smallest absolute Gasteiger partial charge is 0.329 e. The van der Waals surface area contributed by atoms with Crippen molar-refractivity contribution in [3.63, 3.8) is 0 Å². The maximum Gasteiger partial charge on any atom is 0.329 e. The minimum Gasteiger partial charge on any atom is -0.490 e. The van der Waals surface area contributed by atoms with Gasteiger partial charge >= 0.3 is 11.8 Å². The lowest BCUT2D eigenvalue weighted by Gasteiger charge is -2.13. The van der Waals surface area contributed by atoms with E-state index in [1.54, 1.807) is 36.4 Å². The van der Waals surface area contributed by atoms with Crippen LogP contribution in [0.2, 0.25) is 5.02 Å². The summed E-state index contributed by atoms with van der Waals surface area (Å²) in [6.07, 6.45) is 3.11. The average Bonchev–Trinajstić information content (AvgIpc) is 3.39. The Balaban J connectivity index is 1.52. The van der Waals surface area contributed by atoms with Gasteiger partial charge in [0.2, 0.25) is 0 Å². The number of amides is 3. The van der Waals surface area contributed by atoms with Crippen LogP contribution in [-0.4, -0.2) is 56.4 Å². The Morgan fingerprint density at radius 2 is 2.00 bits per heavy atom. The number of hydrogen-bond acceptors (Lipinski definition) is 7. The van der Waals surface area contributed by atoms with Crippen molar-refractivity contribution in [1.29, 1.82) is 0 Å². The molecule has 1 aliphatic rings. The summed E-state index contributed by atoms with van der Waals surface area (Å²) in [5.41, 5.74) is 4.14. The number of carbonyl (C=O) groups excluding carboxylic acids is 3. The van der Waals surface area contributed by atoms with Crippen LogP contribution in [0.25, 0.3) is 0 Å². The fraction of sp³-hybridized carbons (Fsp3) is 0.360. The van der Waals surface area contributed by atoms with Crippen molar-refractivity contribution < 1.29 is 28.6 Å². The molecule has 0 saturated carbocycles. The number of ether oxygens (including phenoxy) is 3. The third kappa shape index (κ3) is 7.96. The summed E-state index contributed by atoms with van der Waals surface area (Å²) in [6, 6.07) is 10.2. The first-order valence-corrected chi connectivity index (χ1v) is 11.9. The van der Waals surface area contributed by atoms with Gasteiger partial charge in [-0.25, -0.2) is 5.43 Å². The van der Waals surface area contributed by atoms with Crippen molar-refractivity contribution in [2.24, 2.45) is 5.10 Å². The van der Waals surface area contributed by atoms with Gasteiger partial charge in [-0.15, -0.1) is 0 Å². The van der Waals surface area contributed by atoms with E-state index in [4.69, 9.17) is 25.8 Å². The highest BCUT2D eigenvalue weighted by Gasteiger charge is 2.19. The van der Waals surface area contributed by atoms with Gasteiger partial charge in [-0.3, -0.25) is 14.4 Å². The molecule has 3 N–H and O–H groups in total. The minimum atomic E-state index is -0.879. The van der Waals surface area contributed by atoms with Gasteiger partial charge in [0.25, 0.3) is 5.91 Å². The van der Waals surface area contributed by atoms with E-state index in [9.17, 15) is 14.4 Å². The topological polar surface area (TPSA) is 127 Å². The number of nitrogens with one attached hydrogen (secondary N) is 3. The van der Waals surface area contributed by atoms with E-state index in [2.05, 4.69) is 21.2 Å². The van der Waals surface area contributed by atoms with Gasteiger partial charge in [-0.1, -0.05) is 17.7 Å². The summed E-state index contributed by atoms with van der Waals surface area (Å²) in [5.74, 6) is -1.25. The Bertz CT molecular complexity index is 1120. The van der Waals surface area contributed by atoms with E-state index in [0.717, 1.165) is 18.4 Å². The molecule has 1 fully saturated rings. The number of rotatable bonds is 10. The zero-order valence-electron chi connectivity index (χ0n) is 20.1. The number of anilines is 1. The molecule has 2 aromatic rings. The van der Waals surface area contributed by atoms with Crippen molar-refractivity contribution >= 4 is 41.2 Å². The molecule has 3 rings (SSSR count). The highest BCUT2D eigenvalue weighted by atomic mass is 35.5. The first kappa shape index (κ1) is 27.0. The first-order valence-electron chi connectivity index (χ1n) is 11.5. The van der Waals surface area contributed by atoms with Crippen LogP contribution in [0, 0.1) is 6.92 Å². The van der Waals surface area contributed by atoms with Crippen LogP contribution in [0.4, 0.5) is 5.69 Å². The lowest BCUT2D eigenvalue weighted by Crippen LogP contribution is -2.41. The number of carbonyl (C=O) groups is 3. The molecule has 1 aliphatic heterocycles. The molecule has 0 spiro atoms. The number of halogens is 1. The molecule has 0 bridgehead atoms. The van der Waals surface area contributed by atoms with Crippen LogP contribution in [0.1, 0.15) is 30.9 Å². The molecule has 2 aromatic carbocycles. The molecule has 0 aliphatic carbocycles. The lowest BCUT2D eigenvalue weighted by atomic mass is 10.2. The maximum absolute atomic E-state index is 12.3. The van der Waals surface area contributed by atoms with Crippen LogP contribution in [0.5, 0.6) is 11.5 Å². The predicted octanol–water partition coefficient (Wildman–Crippen LogP) is 2.81. The molecule has 192 valence electrons. The minimum absolute atomic E-state index is 0.0602. The summed E-state index contributed by atoms with van der Waals surface area (Å²) in [6.45, 7) is 4.70. The number of benzene rings is 2. The summed E-state index contributed by atoms with van der Waals surface area (Å²) >= 11 is 6.09. The Morgan fingerprint density at radius 3 is 2.75 bits per heavy atom. The fourth-order valence-corrected chi connectivity index (χ4v) is 3.55. The summed E-state index contributed by atoms with van der Waals surface area (Å²) in [5, 5.41) is 9.67. The molecule has 11 heteroatoms. The largest absolute Gasteiger partial charge is 0.490 e. The van der Waals surface area contributed by atoms with Crippen molar-refractivity contribution in [3.05, 3.63) is 52.5 Å².